The average Bonchev–Trinajstić information content (AvgIpc) is 2.94. The van der Waals surface area contributed by atoms with Crippen LogP contribution in [0.2, 0.25) is 0 Å². The van der Waals surface area contributed by atoms with E-state index < -0.39 is 0 Å². The lowest BCUT2D eigenvalue weighted by atomic mass is 9.91. The second kappa shape index (κ2) is 6.91. The summed E-state index contributed by atoms with van der Waals surface area (Å²) in [6.07, 6.45) is 3.47. The summed E-state index contributed by atoms with van der Waals surface area (Å²) >= 11 is 0. The van der Waals surface area contributed by atoms with E-state index in [1.165, 1.54) is 24.0 Å². The molecule has 2 nitrogen and oxygen atoms in total. The van der Waals surface area contributed by atoms with E-state index in [0.29, 0.717) is 12.0 Å². The fourth-order valence-electron chi connectivity index (χ4n) is 2.63. The summed E-state index contributed by atoms with van der Waals surface area (Å²) in [4.78, 5) is 0. The molecule has 0 aliphatic carbocycles. The van der Waals surface area contributed by atoms with E-state index in [9.17, 15) is 0 Å². The summed E-state index contributed by atoms with van der Waals surface area (Å²) in [5, 5.41) is 3.69. The Labute approximate surface area is 111 Å². The Hall–Kier alpha value is -0.860. The third-order valence-electron chi connectivity index (χ3n) is 3.80. The van der Waals surface area contributed by atoms with Crippen LogP contribution in [0.4, 0.5) is 0 Å². The minimum Gasteiger partial charge on any atom is -0.381 e. The van der Waals surface area contributed by atoms with Crippen molar-refractivity contribution in [2.24, 2.45) is 5.92 Å². The highest BCUT2D eigenvalue weighted by atomic mass is 16.5. The van der Waals surface area contributed by atoms with Crippen LogP contribution in [-0.4, -0.2) is 19.8 Å². The van der Waals surface area contributed by atoms with Crippen molar-refractivity contribution in [2.75, 3.05) is 19.8 Å². The quantitative estimate of drug-likeness (QED) is 0.832. The predicted molar refractivity (Wildman–Crippen MR) is 75.8 cm³/mol. The number of hydrogen-bond acceptors (Lipinski definition) is 2. The SMILES string of the molecule is CCCNC(c1ccc(CC)cc1)C1CCOC1. The van der Waals surface area contributed by atoms with E-state index in [1.54, 1.807) is 0 Å². The van der Waals surface area contributed by atoms with Crippen molar-refractivity contribution in [3.05, 3.63) is 35.4 Å². The topological polar surface area (TPSA) is 21.3 Å². The van der Waals surface area contributed by atoms with E-state index in [2.05, 4.69) is 43.4 Å². The third-order valence-corrected chi connectivity index (χ3v) is 3.80. The van der Waals surface area contributed by atoms with Crippen molar-refractivity contribution in [2.45, 2.75) is 39.2 Å². The Balaban J connectivity index is 2.10. The van der Waals surface area contributed by atoms with Gasteiger partial charge in [-0.05, 0) is 36.9 Å². The summed E-state index contributed by atoms with van der Waals surface area (Å²) in [5.41, 5.74) is 2.83. The molecular weight excluding hydrogens is 222 g/mol. The molecule has 1 aliphatic heterocycles. The van der Waals surface area contributed by atoms with Crippen LogP contribution in [-0.2, 0) is 11.2 Å². The molecule has 2 heteroatoms. The standard InChI is InChI=1S/C16H25NO/c1-3-10-17-16(15-9-11-18-12-15)14-7-5-13(4-2)6-8-14/h5-8,15-17H,3-4,9-12H2,1-2H3. The minimum atomic E-state index is 0.457. The van der Waals surface area contributed by atoms with Crippen LogP contribution in [0.5, 0.6) is 0 Å². The van der Waals surface area contributed by atoms with Gasteiger partial charge >= 0.3 is 0 Å². The molecule has 1 heterocycles. The zero-order chi connectivity index (χ0) is 12.8. The van der Waals surface area contributed by atoms with Gasteiger partial charge in [-0.3, -0.25) is 0 Å². The van der Waals surface area contributed by atoms with E-state index in [0.717, 1.165) is 26.2 Å². The molecule has 0 bridgehead atoms. The normalized spacial score (nSPS) is 21.1. The van der Waals surface area contributed by atoms with Crippen molar-refractivity contribution in [1.29, 1.82) is 0 Å². The predicted octanol–water partition coefficient (Wildman–Crippen LogP) is 3.33. The molecule has 1 aromatic carbocycles. The lowest BCUT2D eigenvalue weighted by Gasteiger charge is -2.24. The van der Waals surface area contributed by atoms with Gasteiger partial charge in [-0.1, -0.05) is 38.1 Å². The summed E-state index contributed by atoms with van der Waals surface area (Å²) in [6, 6.07) is 9.53. The van der Waals surface area contributed by atoms with Gasteiger partial charge in [0.05, 0.1) is 6.61 Å². The van der Waals surface area contributed by atoms with Crippen molar-refractivity contribution in [1.82, 2.24) is 5.32 Å². The maximum atomic E-state index is 5.54. The first-order chi connectivity index (χ1) is 8.85. The monoisotopic (exact) mass is 247 g/mol. The molecule has 0 radical (unpaired) electrons. The van der Waals surface area contributed by atoms with E-state index in [1.807, 2.05) is 0 Å². The first-order valence-electron chi connectivity index (χ1n) is 7.25. The molecule has 1 fully saturated rings. The van der Waals surface area contributed by atoms with Gasteiger partial charge in [-0.15, -0.1) is 0 Å². The molecule has 100 valence electrons. The highest BCUT2D eigenvalue weighted by Crippen LogP contribution is 2.29. The third kappa shape index (κ3) is 3.33. The molecule has 1 aliphatic rings. The smallest absolute Gasteiger partial charge is 0.0513 e. The maximum Gasteiger partial charge on any atom is 0.0513 e. The van der Waals surface area contributed by atoms with Gasteiger partial charge in [0.1, 0.15) is 0 Å². The van der Waals surface area contributed by atoms with E-state index >= 15 is 0 Å². The maximum absolute atomic E-state index is 5.54. The second-order valence-corrected chi connectivity index (χ2v) is 5.15. The summed E-state index contributed by atoms with van der Waals surface area (Å²) in [6.45, 7) is 7.32. The van der Waals surface area contributed by atoms with Crippen LogP contribution < -0.4 is 5.32 Å². The van der Waals surface area contributed by atoms with Crippen molar-refractivity contribution >= 4 is 0 Å². The Morgan fingerprint density at radius 1 is 1.28 bits per heavy atom. The number of nitrogens with one attached hydrogen (secondary N) is 1. The van der Waals surface area contributed by atoms with Gasteiger partial charge in [-0.25, -0.2) is 0 Å². The summed E-state index contributed by atoms with van der Waals surface area (Å²) < 4.78 is 5.54. The molecule has 2 atom stereocenters. The second-order valence-electron chi connectivity index (χ2n) is 5.15. The average molecular weight is 247 g/mol. The van der Waals surface area contributed by atoms with Gasteiger partial charge in [0.15, 0.2) is 0 Å². The minimum absolute atomic E-state index is 0.457. The first-order valence-corrected chi connectivity index (χ1v) is 7.25. The molecule has 1 saturated heterocycles. The summed E-state index contributed by atoms with van der Waals surface area (Å²) in [5.74, 6) is 0.629. The van der Waals surface area contributed by atoms with Crippen LogP contribution in [0.1, 0.15) is 43.9 Å². The fraction of sp³-hybridized carbons (Fsp3) is 0.625. The van der Waals surface area contributed by atoms with Gasteiger partial charge in [0.2, 0.25) is 0 Å². The number of ether oxygens (including phenoxy) is 1. The zero-order valence-electron chi connectivity index (χ0n) is 11.6. The Kier molecular flexibility index (Phi) is 5.21. The molecule has 0 aromatic heterocycles. The largest absolute Gasteiger partial charge is 0.381 e. The van der Waals surface area contributed by atoms with Crippen LogP contribution in [0.25, 0.3) is 0 Å². The lowest BCUT2D eigenvalue weighted by molar-refractivity contribution is 0.176. The fourth-order valence-corrected chi connectivity index (χ4v) is 2.63. The van der Waals surface area contributed by atoms with Crippen LogP contribution in [0, 0.1) is 5.92 Å². The Bertz CT molecular complexity index is 341. The molecule has 0 saturated carbocycles. The van der Waals surface area contributed by atoms with Gasteiger partial charge in [0, 0.05) is 18.6 Å². The van der Waals surface area contributed by atoms with E-state index in [-0.39, 0.29) is 0 Å². The van der Waals surface area contributed by atoms with Gasteiger partial charge in [0.25, 0.3) is 0 Å². The van der Waals surface area contributed by atoms with Gasteiger partial charge in [-0.2, -0.15) is 0 Å². The molecule has 0 amide bonds. The van der Waals surface area contributed by atoms with Crippen molar-refractivity contribution in [3.8, 4) is 0 Å². The van der Waals surface area contributed by atoms with E-state index in [4.69, 9.17) is 4.74 Å². The van der Waals surface area contributed by atoms with Gasteiger partial charge < -0.3 is 10.1 Å². The van der Waals surface area contributed by atoms with Crippen molar-refractivity contribution in [3.63, 3.8) is 0 Å². The van der Waals surface area contributed by atoms with Crippen LogP contribution in [0.15, 0.2) is 24.3 Å². The van der Waals surface area contributed by atoms with Crippen molar-refractivity contribution < 1.29 is 4.74 Å². The molecule has 18 heavy (non-hydrogen) atoms. The molecular formula is C16H25NO. The Morgan fingerprint density at radius 3 is 2.61 bits per heavy atom. The summed E-state index contributed by atoms with van der Waals surface area (Å²) in [7, 11) is 0. The van der Waals surface area contributed by atoms with Crippen LogP contribution in [0.3, 0.4) is 0 Å². The molecule has 1 N–H and O–H groups in total. The lowest BCUT2D eigenvalue weighted by Crippen LogP contribution is -2.29. The number of rotatable bonds is 6. The number of hydrogen-bond donors (Lipinski definition) is 1. The molecule has 2 unspecified atom stereocenters. The number of aryl methyl sites for hydroxylation is 1. The molecule has 0 spiro atoms. The molecule has 1 aromatic rings. The molecule has 2 rings (SSSR count). The van der Waals surface area contributed by atoms with Crippen LogP contribution >= 0.6 is 0 Å². The zero-order valence-corrected chi connectivity index (χ0v) is 11.6. The highest BCUT2D eigenvalue weighted by molar-refractivity contribution is 5.25. The first kappa shape index (κ1) is 13.6. The number of benzene rings is 1. The highest BCUT2D eigenvalue weighted by Gasteiger charge is 2.26. The Morgan fingerprint density at radius 2 is 2.06 bits per heavy atom.